The largest absolute Gasteiger partial charge is 0.372 e. The van der Waals surface area contributed by atoms with E-state index in [1.54, 1.807) is 11.0 Å². The van der Waals surface area contributed by atoms with Crippen molar-refractivity contribution in [2.24, 2.45) is 0 Å². The van der Waals surface area contributed by atoms with Gasteiger partial charge in [0.25, 0.3) is 0 Å². The summed E-state index contributed by atoms with van der Waals surface area (Å²) in [6, 6.07) is 12.3. The molecule has 0 saturated carbocycles. The lowest BCUT2D eigenvalue weighted by Crippen LogP contribution is -2.21. The molecule has 0 atom stereocenters. The number of rotatable bonds is 7. The van der Waals surface area contributed by atoms with E-state index in [1.165, 1.54) is 5.69 Å². The van der Waals surface area contributed by atoms with E-state index >= 15 is 0 Å². The lowest BCUT2D eigenvalue weighted by atomic mass is 10.1. The number of aromatic nitrogens is 7. The van der Waals surface area contributed by atoms with Crippen LogP contribution in [0.4, 0.5) is 11.4 Å². The monoisotopic (exact) mass is 428 g/mol. The summed E-state index contributed by atoms with van der Waals surface area (Å²) in [6.45, 7) is 10.3. The highest BCUT2D eigenvalue weighted by atomic mass is 15.5. The van der Waals surface area contributed by atoms with Gasteiger partial charge in [0, 0.05) is 30.7 Å². The Labute approximate surface area is 185 Å². The van der Waals surface area contributed by atoms with E-state index in [0.29, 0.717) is 0 Å². The number of H-pyrrole nitrogens is 1. The first kappa shape index (κ1) is 21.0. The Morgan fingerprint density at radius 3 is 2.50 bits per heavy atom. The minimum Gasteiger partial charge on any atom is -0.372 e. The van der Waals surface area contributed by atoms with Crippen molar-refractivity contribution in [1.82, 2.24) is 35.6 Å². The lowest BCUT2D eigenvalue weighted by molar-refractivity contribution is 0.759. The smallest absolute Gasteiger partial charge is 0.216 e. The fourth-order valence-electron chi connectivity index (χ4n) is 3.55. The molecule has 32 heavy (non-hydrogen) atoms. The number of hydrogen-bond donors (Lipinski definition) is 2. The lowest BCUT2D eigenvalue weighted by Gasteiger charge is -2.22. The third-order valence-corrected chi connectivity index (χ3v) is 5.33. The van der Waals surface area contributed by atoms with Crippen LogP contribution in [-0.2, 0) is 0 Å². The molecular formula is C22H24N10. The van der Waals surface area contributed by atoms with Gasteiger partial charge in [-0.2, -0.15) is 15.3 Å². The van der Waals surface area contributed by atoms with E-state index in [1.807, 2.05) is 19.1 Å². The van der Waals surface area contributed by atoms with Gasteiger partial charge >= 0.3 is 0 Å². The molecule has 0 unspecified atom stereocenters. The number of tetrazole rings is 1. The molecule has 0 aliphatic heterocycles. The maximum absolute atomic E-state index is 9.35. The van der Waals surface area contributed by atoms with Crippen molar-refractivity contribution in [3.05, 3.63) is 53.5 Å². The molecule has 0 aliphatic carbocycles. The normalized spacial score (nSPS) is 11.5. The Bertz CT molecular complexity index is 1310. The quantitative estimate of drug-likeness (QED) is 0.429. The number of hydrogen-bond acceptors (Lipinski definition) is 8. The number of allylic oxidation sites excluding steroid dienone is 1. The maximum Gasteiger partial charge on any atom is 0.216 e. The van der Waals surface area contributed by atoms with Crippen molar-refractivity contribution in [2.45, 2.75) is 27.7 Å². The number of benzene rings is 2. The topological polar surface area (TPSA) is 124 Å². The second kappa shape index (κ2) is 8.85. The zero-order valence-electron chi connectivity index (χ0n) is 18.5. The van der Waals surface area contributed by atoms with E-state index in [-0.39, 0.29) is 11.4 Å². The molecule has 0 amide bonds. The van der Waals surface area contributed by atoms with Crippen LogP contribution in [0, 0.1) is 25.2 Å². The van der Waals surface area contributed by atoms with Gasteiger partial charge in [0.1, 0.15) is 22.7 Å². The summed E-state index contributed by atoms with van der Waals surface area (Å²) in [5.41, 5.74) is 6.83. The molecule has 0 aliphatic rings. The molecular weight excluding hydrogens is 404 g/mol. The van der Waals surface area contributed by atoms with Crippen LogP contribution in [0.1, 0.15) is 30.8 Å². The average molecular weight is 429 g/mol. The van der Waals surface area contributed by atoms with Crippen molar-refractivity contribution >= 4 is 28.0 Å². The minimum atomic E-state index is 0.230. The molecule has 2 aromatic heterocycles. The number of anilines is 2. The molecule has 0 bridgehead atoms. The number of nitrogens with one attached hydrogen (secondary N) is 2. The summed E-state index contributed by atoms with van der Waals surface area (Å²) in [6.07, 6.45) is 1.56. The number of nitriles is 1. The maximum atomic E-state index is 9.35. The Kier molecular flexibility index (Phi) is 5.81. The Morgan fingerprint density at radius 1 is 1.12 bits per heavy atom. The zero-order valence-corrected chi connectivity index (χ0v) is 18.5. The first-order chi connectivity index (χ1) is 15.5. The molecule has 0 radical (unpaired) electrons. The molecule has 0 fully saturated rings. The standard InChI is InChI=1S/C22H24N10/c1-5-31(6-2)17-7-8-21(15(4)9-17)32-27-19-10-14(3)18(11-20(19)28-32)24-13-16(12-23)22-25-29-30-26-22/h7-11,13,24H,5-6H2,1-4H3,(H,25,26,29,30). The van der Waals surface area contributed by atoms with Gasteiger partial charge in [-0.05, 0) is 74.4 Å². The van der Waals surface area contributed by atoms with Crippen molar-refractivity contribution in [2.75, 3.05) is 23.3 Å². The van der Waals surface area contributed by atoms with E-state index in [9.17, 15) is 5.26 Å². The predicted octanol–water partition coefficient (Wildman–Crippen LogP) is 3.37. The van der Waals surface area contributed by atoms with Gasteiger partial charge in [0.2, 0.25) is 5.82 Å². The Balaban J connectivity index is 1.65. The molecule has 0 spiro atoms. The van der Waals surface area contributed by atoms with Crippen LogP contribution in [0.15, 0.2) is 36.5 Å². The zero-order chi connectivity index (χ0) is 22.7. The highest BCUT2D eigenvalue weighted by Gasteiger charge is 2.12. The molecule has 2 N–H and O–H groups in total. The molecule has 4 rings (SSSR count). The Hall–Kier alpha value is -4.26. The fourth-order valence-corrected chi connectivity index (χ4v) is 3.55. The van der Waals surface area contributed by atoms with Crippen LogP contribution in [0.2, 0.25) is 0 Å². The molecule has 10 heteroatoms. The summed E-state index contributed by atoms with van der Waals surface area (Å²) in [4.78, 5) is 3.98. The predicted molar refractivity (Wildman–Crippen MR) is 123 cm³/mol. The van der Waals surface area contributed by atoms with Crippen molar-refractivity contribution in [3.63, 3.8) is 0 Å². The van der Waals surface area contributed by atoms with E-state index in [2.05, 4.69) is 86.1 Å². The summed E-state index contributed by atoms with van der Waals surface area (Å²) in [5, 5.41) is 35.4. The van der Waals surface area contributed by atoms with Crippen LogP contribution in [0.5, 0.6) is 0 Å². The minimum absolute atomic E-state index is 0.230. The summed E-state index contributed by atoms with van der Waals surface area (Å²) < 4.78 is 0. The summed E-state index contributed by atoms with van der Waals surface area (Å²) >= 11 is 0. The van der Waals surface area contributed by atoms with E-state index in [0.717, 1.165) is 46.6 Å². The van der Waals surface area contributed by atoms with Gasteiger partial charge in [-0.25, -0.2) is 0 Å². The van der Waals surface area contributed by atoms with Gasteiger partial charge in [0.05, 0.1) is 5.69 Å². The van der Waals surface area contributed by atoms with Gasteiger partial charge in [-0.1, -0.05) is 0 Å². The van der Waals surface area contributed by atoms with Crippen LogP contribution in [-0.4, -0.2) is 48.7 Å². The molecule has 4 aromatic rings. The van der Waals surface area contributed by atoms with E-state index < -0.39 is 0 Å². The molecule has 2 heterocycles. The summed E-state index contributed by atoms with van der Waals surface area (Å²) in [5.74, 6) is 0.230. The first-order valence-corrected chi connectivity index (χ1v) is 10.4. The highest BCUT2D eigenvalue weighted by molar-refractivity contribution is 5.82. The molecule has 0 saturated heterocycles. The van der Waals surface area contributed by atoms with Crippen molar-refractivity contribution in [1.29, 1.82) is 5.26 Å². The molecule has 10 nitrogen and oxygen atoms in total. The second-order valence-electron chi connectivity index (χ2n) is 7.34. The van der Waals surface area contributed by atoms with Gasteiger partial charge in [0.15, 0.2) is 0 Å². The van der Waals surface area contributed by atoms with Crippen LogP contribution >= 0.6 is 0 Å². The Morgan fingerprint density at radius 2 is 1.88 bits per heavy atom. The second-order valence-corrected chi connectivity index (χ2v) is 7.34. The van der Waals surface area contributed by atoms with Gasteiger partial charge in [-0.3, -0.25) is 0 Å². The first-order valence-electron chi connectivity index (χ1n) is 10.4. The summed E-state index contributed by atoms with van der Waals surface area (Å²) in [7, 11) is 0. The highest BCUT2D eigenvalue weighted by Crippen LogP contribution is 2.25. The third-order valence-electron chi connectivity index (χ3n) is 5.33. The third kappa shape index (κ3) is 4.00. The SMILES string of the molecule is CCN(CC)c1ccc(-n2nc3cc(C)c(NC=C(C#N)c4nn[nH]n4)cc3n2)c(C)c1. The van der Waals surface area contributed by atoms with Gasteiger partial charge in [-0.15, -0.1) is 20.4 Å². The van der Waals surface area contributed by atoms with Crippen LogP contribution in [0.25, 0.3) is 22.3 Å². The van der Waals surface area contributed by atoms with Crippen molar-refractivity contribution < 1.29 is 0 Å². The van der Waals surface area contributed by atoms with Crippen LogP contribution in [0.3, 0.4) is 0 Å². The number of fused-ring (bicyclic) bond motifs is 1. The molecule has 2 aromatic carbocycles. The molecule has 162 valence electrons. The van der Waals surface area contributed by atoms with Crippen molar-refractivity contribution in [3.8, 4) is 11.8 Å². The number of aryl methyl sites for hydroxylation is 2. The fraction of sp³-hybridized carbons (Fsp3) is 0.273. The average Bonchev–Trinajstić information content (AvgIpc) is 3.45. The number of aromatic amines is 1. The number of nitrogens with zero attached hydrogens (tertiary/aromatic N) is 8. The van der Waals surface area contributed by atoms with Gasteiger partial charge < -0.3 is 10.2 Å². The van der Waals surface area contributed by atoms with E-state index in [4.69, 9.17) is 0 Å². The van der Waals surface area contributed by atoms with Crippen LogP contribution < -0.4 is 10.2 Å².